The fourth-order valence-electron chi connectivity index (χ4n) is 2.89. The number of hydrogen-bond donors (Lipinski definition) is 1. The molecule has 1 amide bonds. The number of benzene rings is 2. The molecule has 0 atom stereocenters. The summed E-state index contributed by atoms with van der Waals surface area (Å²) in [7, 11) is 1.59. The number of carbonyl (C=O) groups is 1. The van der Waals surface area contributed by atoms with Crippen molar-refractivity contribution in [2.45, 2.75) is 34.6 Å². The highest BCUT2D eigenvalue weighted by atomic mass is 16.6. The lowest BCUT2D eigenvalue weighted by Gasteiger charge is -2.13. The zero-order valence-corrected chi connectivity index (χ0v) is 18.0. The van der Waals surface area contributed by atoms with Gasteiger partial charge < -0.3 is 19.6 Å². The standard InChI is InChI=1S/C23H30N2O4/c1-15(2)13-28-20-8-7-19(11-21(20)27-6)12-24-29-14-22(26)25-23-17(4)9-16(3)10-18(23)5/h7-12,15H,13-14H2,1-6H3,(H,25,26)/b24-12-. The number of nitrogens with zero attached hydrogens (tertiary/aromatic N) is 1. The zero-order valence-electron chi connectivity index (χ0n) is 18.0. The molecule has 0 radical (unpaired) electrons. The Bertz CT molecular complexity index is 852. The minimum atomic E-state index is -0.257. The number of rotatable bonds is 9. The molecular weight excluding hydrogens is 368 g/mol. The van der Waals surface area contributed by atoms with E-state index < -0.39 is 0 Å². The number of aryl methyl sites for hydroxylation is 3. The Kier molecular flexibility index (Phi) is 8.07. The van der Waals surface area contributed by atoms with Crippen molar-refractivity contribution in [2.75, 3.05) is 25.6 Å². The molecule has 2 rings (SSSR count). The average Bonchev–Trinajstić information content (AvgIpc) is 2.66. The molecule has 2 aromatic rings. The molecule has 0 aliphatic carbocycles. The van der Waals surface area contributed by atoms with E-state index in [-0.39, 0.29) is 12.5 Å². The van der Waals surface area contributed by atoms with Gasteiger partial charge in [0.25, 0.3) is 5.91 Å². The Morgan fingerprint density at radius 3 is 2.41 bits per heavy atom. The average molecular weight is 399 g/mol. The van der Waals surface area contributed by atoms with Crippen molar-refractivity contribution in [3.8, 4) is 11.5 Å². The molecule has 0 aliphatic rings. The van der Waals surface area contributed by atoms with E-state index in [1.165, 1.54) is 6.21 Å². The van der Waals surface area contributed by atoms with Crippen molar-refractivity contribution >= 4 is 17.8 Å². The van der Waals surface area contributed by atoms with Gasteiger partial charge in [0.2, 0.25) is 0 Å². The predicted octanol–water partition coefficient (Wildman–Crippen LogP) is 4.64. The fraction of sp³-hybridized carbons (Fsp3) is 0.391. The van der Waals surface area contributed by atoms with Crippen molar-refractivity contribution in [1.82, 2.24) is 0 Å². The summed E-state index contributed by atoms with van der Waals surface area (Å²) in [6, 6.07) is 9.55. The quantitative estimate of drug-likeness (QED) is 0.493. The van der Waals surface area contributed by atoms with Gasteiger partial charge in [-0.25, -0.2) is 0 Å². The first-order valence-electron chi connectivity index (χ1n) is 9.64. The third-order valence-corrected chi connectivity index (χ3v) is 4.17. The maximum absolute atomic E-state index is 12.1. The van der Waals surface area contributed by atoms with Crippen LogP contribution in [0.2, 0.25) is 0 Å². The van der Waals surface area contributed by atoms with Crippen LogP contribution in [-0.2, 0) is 9.63 Å². The van der Waals surface area contributed by atoms with Gasteiger partial charge in [0, 0.05) is 11.3 Å². The molecule has 6 nitrogen and oxygen atoms in total. The van der Waals surface area contributed by atoms with Gasteiger partial charge in [0.05, 0.1) is 19.9 Å². The second-order valence-corrected chi connectivity index (χ2v) is 7.44. The van der Waals surface area contributed by atoms with Gasteiger partial charge in [-0.15, -0.1) is 0 Å². The summed E-state index contributed by atoms with van der Waals surface area (Å²) in [6.45, 7) is 10.6. The summed E-state index contributed by atoms with van der Waals surface area (Å²) in [5, 5.41) is 6.76. The first kappa shape index (κ1) is 22.3. The van der Waals surface area contributed by atoms with Crippen LogP contribution in [0.15, 0.2) is 35.5 Å². The molecule has 0 saturated carbocycles. The molecule has 2 aromatic carbocycles. The van der Waals surface area contributed by atoms with E-state index >= 15 is 0 Å². The lowest BCUT2D eigenvalue weighted by Crippen LogP contribution is -2.18. The molecule has 0 spiro atoms. The number of methoxy groups -OCH3 is 1. The van der Waals surface area contributed by atoms with Crippen LogP contribution in [-0.4, -0.2) is 32.4 Å². The summed E-state index contributed by atoms with van der Waals surface area (Å²) in [4.78, 5) is 17.3. The lowest BCUT2D eigenvalue weighted by molar-refractivity contribution is -0.120. The van der Waals surface area contributed by atoms with Crippen LogP contribution in [0.4, 0.5) is 5.69 Å². The summed E-state index contributed by atoms with van der Waals surface area (Å²) in [5.41, 5.74) is 4.80. The van der Waals surface area contributed by atoms with Crippen molar-refractivity contribution in [3.63, 3.8) is 0 Å². The van der Waals surface area contributed by atoms with Crippen molar-refractivity contribution < 1.29 is 19.1 Å². The highest BCUT2D eigenvalue weighted by Gasteiger charge is 2.09. The first-order valence-corrected chi connectivity index (χ1v) is 9.64. The van der Waals surface area contributed by atoms with Gasteiger partial charge in [0.1, 0.15) is 0 Å². The third-order valence-electron chi connectivity index (χ3n) is 4.17. The summed E-state index contributed by atoms with van der Waals surface area (Å²) < 4.78 is 11.1. The van der Waals surface area contributed by atoms with E-state index in [4.69, 9.17) is 14.3 Å². The van der Waals surface area contributed by atoms with Gasteiger partial charge in [-0.3, -0.25) is 4.79 Å². The van der Waals surface area contributed by atoms with Crippen LogP contribution < -0.4 is 14.8 Å². The maximum Gasteiger partial charge on any atom is 0.265 e. The predicted molar refractivity (Wildman–Crippen MR) is 116 cm³/mol. The molecule has 156 valence electrons. The Morgan fingerprint density at radius 2 is 1.79 bits per heavy atom. The first-order chi connectivity index (χ1) is 13.8. The number of nitrogens with one attached hydrogen (secondary N) is 1. The molecule has 0 fully saturated rings. The summed E-state index contributed by atoms with van der Waals surface area (Å²) in [5.74, 6) is 1.47. The van der Waals surface area contributed by atoms with E-state index in [2.05, 4.69) is 24.3 Å². The van der Waals surface area contributed by atoms with Gasteiger partial charge in [-0.2, -0.15) is 0 Å². The molecule has 0 heterocycles. The molecule has 0 aliphatic heterocycles. The van der Waals surface area contributed by atoms with Crippen LogP contribution in [0.25, 0.3) is 0 Å². The van der Waals surface area contributed by atoms with E-state index in [9.17, 15) is 4.79 Å². The lowest BCUT2D eigenvalue weighted by atomic mass is 10.1. The van der Waals surface area contributed by atoms with Crippen LogP contribution in [0.5, 0.6) is 11.5 Å². The highest BCUT2D eigenvalue weighted by molar-refractivity contribution is 5.93. The molecule has 29 heavy (non-hydrogen) atoms. The number of amides is 1. The normalized spacial score (nSPS) is 11.0. The van der Waals surface area contributed by atoms with Crippen LogP contribution >= 0.6 is 0 Å². The van der Waals surface area contributed by atoms with Crippen molar-refractivity contribution in [1.29, 1.82) is 0 Å². The zero-order chi connectivity index (χ0) is 21.4. The van der Waals surface area contributed by atoms with Crippen molar-refractivity contribution in [2.24, 2.45) is 11.1 Å². The van der Waals surface area contributed by atoms with Crippen molar-refractivity contribution in [3.05, 3.63) is 52.6 Å². The number of oxime groups is 1. The molecule has 0 unspecified atom stereocenters. The number of anilines is 1. The van der Waals surface area contributed by atoms with E-state index in [1.54, 1.807) is 7.11 Å². The largest absolute Gasteiger partial charge is 0.493 e. The van der Waals surface area contributed by atoms with E-state index in [0.717, 1.165) is 27.9 Å². The van der Waals surface area contributed by atoms with Gasteiger partial charge in [-0.1, -0.05) is 36.7 Å². The molecule has 0 bridgehead atoms. The SMILES string of the molecule is COc1cc(/C=N\OCC(=O)Nc2c(C)cc(C)cc2C)ccc1OCC(C)C. The molecule has 1 N–H and O–H groups in total. The van der Waals surface area contributed by atoms with E-state index in [1.807, 2.05) is 51.1 Å². The molecular formula is C23H30N2O4. The smallest absolute Gasteiger partial charge is 0.265 e. The monoisotopic (exact) mass is 398 g/mol. The number of ether oxygens (including phenoxy) is 2. The summed E-state index contributed by atoms with van der Waals surface area (Å²) >= 11 is 0. The number of hydrogen-bond acceptors (Lipinski definition) is 5. The minimum Gasteiger partial charge on any atom is -0.493 e. The van der Waals surface area contributed by atoms with Gasteiger partial charge in [-0.05, 0) is 56.0 Å². The molecule has 0 saturated heterocycles. The van der Waals surface area contributed by atoms with Crippen LogP contribution in [0, 0.1) is 26.7 Å². The van der Waals surface area contributed by atoms with E-state index in [0.29, 0.717) is 24.0 Å². The highest BCUT2D eigenvalue weighted by Crippen LogP contribution is 2.28. The molecule has 0 aromatic heterocycles. The summed E-state index contributed by atoms with van der Waals surface area (Å²) in [6.07, 6.45) is 1.53. The van der Waals surface area contributed by atoms with Gasteiger partial charge in [0.15, 0.2) is 18.1 Å². The number of carbonyl (C=O) groups excluding carboxylic acids is 1. The third kappa shape index (κ3) is 6.82. The second kappa shape index (κ2) is 10.5. The minimum absolute atomic E-state index is 0.171. The van der Waals surface area contributed by atoms with Gasteiger partial charge >= 0.3 is 0 Å². The van der Waals surface area contributed by atoms with Crippen LogP contribution in [0.3, 0.4) is 0 Å². The Labute approximate surface area is 172 Å². The Morgan fingerprint density at radius 1 is 1.10 bits per heavy atom. The fourth-order valence-corrected chi connectivity index (χ4v) is 2.89. The Balaban J connectivity index is 1.90. The van der Waals surface area contributed by atoms with Crippen LogP contribution in [0.1, 0.15) is 36.1 Å². The second-order valence-electron chi connectivity index (χ2n) is 7.44. The maximum atomic E-state index is 12.1. The Hall–Kier alpha value is -3.02. The molecule has 6 heteroatoms. The topological polar surface area (TPSA) is 69.2 Å².